The molecule has 1 N–H and O–H groups in total. The maximum absolute atomic E-state index is 11.5. The molecule has 0 aromatic heterocycles. The van der Waals surface area contributed by atoms with Gasteiger partial charge in [-0.1, -0.05) is 44.2 Å². The van der Waals surface area contributed by atoms with Crippen LogP contribution in [0.4, 0.5) is 0 Å². The molecule has 0 heterocycles. The lowest BCUT2D eigenvalue weighted by Gasteiger charge is -2.30. The second-order valence-electron chi connectivity index (χ2n) is 6.44. The largest absolute Gasteiger partial charge is 0.465 e. The Labute approximate surface area is 127 Å². The third-order valence-electron chi connectivity index (χ3n) is 3.03. The van der Waals surface area contributed by atoms with Crippen LogP contribution in [0.25, 0.3) is 0 Å². The van der Waals surface area contributed by atoms with Crippen LogP contribution >= 0.6 is 0 Å². The number of rotatable bonds is 8. The van der Waals surface area contributed by atoms with Crippen LogP contribution < -0.4 is 0 Å². The minimum atomic E-state index is -0.318. The first-order valence-electron chi connectivity index (χ1n) is 7.21. The molecule has 0 atom stereocenters. The molecule has 0 amide bonds. The standard InChI is InChI=1S/C17H26N2O2/c1-14(18)10-16(20)21-13-17(2,3)12-19(4)11-15-8-6-5-7-9-15/h5-9,18H,10-13H2,1-4H3. The fourth-order valence-electron chi connectivity index (χ4n) is 2.27. The van der Waals surface area contributed by atoms with E-state index in [2.05, 4.69) is 37.9 Å². The summed E-state index contributed by atoms with van der Waals surface area (Å²) in [5, 5.41) is 7.29. The maximum atomic E-state index is 11.5. The molecule has 0 saturated carbocycles. The van der Waals surface area contributed by atoms with E-state index in [0.29, 0.717) is 12.3 Å². The zero-order valence-electron chi connectivity index (χ0n) is 13.5. The van der Waals surface area contributed by atoms with Crippen LogP contribution in [0.15, 0.2) is 30.3 Å². The highest BCUT2D eigenvalue weighted by molar-refractivity contribution is 5.95. The summed E-state index contributed by atoms with van der Waals surface area (Å²) in [6, 6.07) is 10.3. The van der Waals surface area contributed by atoms with Crippen molar-refractivity contribution in [3.8, 4) is 0 Å². The lowest BCUT2D eigenvalue weighted by Crippen LogP contribution is -2.35. The average molecular weight is 290 g/mol. The van der Waals surface area contributed by atoms with E-state index in [0.717, 1.165) is 13.1 Å². The Kier molecular flexibility index (Phi) is 6.56. The molecule has 0 radical (unpaired) electrons. The number of esters is 1. The van der Waals surface area contributed by atoms with E-state index in [4.69, 9.17) is 10.1 Å². The zero-order chi connectivity index (χ0) is 15.9. The first kappa shape index (κ1) is 17.4. The fraction of sp³-hybridized carbons (Fsp3) is 0.529. The van der Waals surface area contributed by atoms with Crippen molar-refractivity contribution < 1.29 is 9.53 Å². The van der Waals surface area contributed by atoms with Crippen molar-refractivity contribution in [3.05, 3.63) is 35.9 Å². The van der Waals surface area contributed by atoms with E-state index in [1.807, 2.05) is 18.2 Å². The number of nitrogens with one attached hydrogen (secondary N) is 1. The van der Waals surface area contributed by atoms with Gasteiger partial charge in [0.25, 0.3) is 0 Å². The van der Waals surface area contributed by atoms with Crippen molar-refractivity contribution in [1.29, 1.82) is 5.41 Å². The van der Waals surface area contributed by atoms with Gasteiger partial charge in [-0.3, -0.25) is 4.79 Å². The van der Waals surface area contributed by atoms with Gasteiger partial charge in [-0.15, -0.1) is 0 Å². The van der Waals surface area contributed by atoms with Gasteiger partial charge in [-0.2, -0.15) is 0 Å². The SMILES string of the molecule is CC(=N)CC(=O)OCC(C)(C)CN(C)Cc1ccccc1. The maximum Gasteiger partial charge on any atom is 0.311 e. The van der Waals surface area contributed by atoms with Gasteiger partial charge in [0, 0.05) is 24.2 Å². The Balaban J connectivity index is 2.40. The van der Waals surface area contributed by atoms with Crippen LogP contribution in [0.2, 0.25) is 0 Å². The molecule has 0 saturated heterocycles. The summed E-state index contributed by atoms with van der Waals surface area (Å²) in [4.78, 5) is 13.7. The van der Waals surface area contributed by atoms with Crippen LogP contribution in [-0.2, 0) is 16.1 Å². The molecule has 0 fully saturated rings. The van der Waals surface area contributed by atoms with E-state index in [1.165, 1.54) is 5.56 Å². The molecule has 1 rings (SSSR count). The van der Waals surface area contributed by atoms with Crippen LogP contribution in [0.5, 0.6) is 0 Å². The number of ether oxygens (including phenoxy) is 1. The summed E-state index contributed by atoms with van der Waals surface area (Å²) in [6.07, 6.45) is 0.0793. The second kappa shape index (κ2) is 7.93. The first-order chi connectivity index (χ1) is 9.78. The smallest absolute Gasteiger partial charge is 0.311 e. The van der Waals surface area contributed by atoms with E-state index < -0.39 is 0 Å². The van der Waals surface area contributed by atoms with Crippen molar-refractivity contribution >= 4 is 11.7 Å². The van der Waals surface area contributed by atoms with Gasteiger partial charge in [0.15, 0.2) is 0 Å². The minimum absolute atomic E-state index is 0.0793. The Bertz CT molecular complexity index is 469. The van der Waals surface area contributed by atoms with Crippen LogP contribution in [0.1, 0.15) is 32.8 Å². The van der Waals surface area contributed by atoms with Gasteiger partial charge in [0.05, 0.1) is 13.0 Å². The van der Waals surface area contributed by atoms with Gasteiger partial charge in [-0.25, -0.2) is 0 Å². The highest BCUT2D eigenvalue weighted by Gasteiger charge is 2.22. The molecule has 0 unspecified atom stereocenters. The van der Waals surface area contributed by atoms with Crippen molar-refractivity contribution in [2.75, 3.05) is 20.2 Å². The van der Waals surface area contributed by atoms with Gasteiger partial charge >= 0.3 is 5.97 Å². The highest BCUT2D eigenvalue weighted by Crippen LogP contribution is 2.18. The van der Waals surface area contributed by atoms with Gasteiger partial charge < -0.3 is 15.0 Å². The predicted octanol–water partition coefficient (Wildman–Crippen LogP) is 3.12. The summed E-state index contributed by atoms with van der Waals surface area (Å²) >= 11 is 0. The molecular weight excluding hydrogens is 264 g/mol. The van der Waals surface area contributed by atoms with Crippen molar-refractivity contribution in [3.63, 3.8) is 0 Å². The third kappa shape index (κ3) is 7.61. The quantitative estimate of drug-likeness (QED) is 0.591. The first-order valence-corrected chi connectivity index (χ1v) is 7.21. The van der Waals surface area contributed by atoms with E-state index in [-0.39, 0.29) is 17.8 Å². The topological polar surface area (TPSA) is 53.4 Å². The molecule has 116 valence electrons. The zero-order valence-corrected chi connectivity index (χ0v) is 13.5. The van der Waals surface area contributed by atoms with E-state index in [1.54, 1.807) is 6.92 Å². The third-order valence-corrected chi connectivity index (χ3v) is 3.03. The van der Waals surface area contributed by atoms with Crippen molar-refractivity contribution in [2.24, 2.45) is 5.41 Å². The monoisotopic (exact) mass is 290 g/mol. The number of carbonyl (C=O) groups excluding carboxylic acids is 1. The summed E-state index contributed by atoms with van der Waals surface area (Å²) in [5.74, 6) is -0.318. The molecule has 0 spiro atoms. The molecule has 0 aliphatic heterocycles. The highest BCUT2D eigenvalue weighted by atomic mass is 16.5. The molecule has 0 aliphatic carbocycles. The number of nitrogens with zero attached hydrogens (tertiary/aromatic N) is 1. The van der Waals surface area contributed by atoms with Crippen molar-refractivity contribution in [2.45, 2.75) is 33.7 Å². The van der Waals surface area contributed by atoms with Crippen molar-refractivity contribution in [1.82, 2.24) is 4.90 Å². The molecular formula is C17H26N2O2. The Morgan fingerprint density at radius 2 is 1.90 bits per heavy atom. The van der Waals surface area contributed by atoms with E-state index in [9.17, 15) is 4.79 Å². The Hall–Kier alpha value is -1.68. The Morgan fingerprint density at radius 1 is 1.29 bits per heavy atom. The normalized spacial score (nSPS) is 11.5. The molecule has 1 aromatic rings. The molecule has 4 heteroatoms. The molecule has 0 aliphatic rings. The summed E-state index contributed by atoms with van der Waals surface area (Å²) < 4.78 is 5.26. The lowest BCUT2D eigenvalue weighted by atomic mass is 9.94. The molecule has 0 bridgehead atoms. The lowest BCUT2D eigenvalue weighted by molar-refractivity contribution is -0.145. The Morgan fingerprint density at radius 3 is 2.48 bits per heavy atom. The van der Waals surface area contributed by atoms with Gasteiger partial charge in [0.1, 0.15) is 0 Å². The van der Waals surface area contributed by atoms with Gasteiger partial charge in [0.2, 0.25) is 0 Å². The number of carbonyl (C=O) groups is 1. The summed E-state index contributed by atoms with van der Waals surface area (Å²) in [5.41, 5.74) is 1.49. The predicted molar refractivity (Wildman–Crippen MR) is 85.5 cm³/mol. The van der Waals surface area contributed by atoms with Crippen LogP contribution in [-0.4, -0.2) is 36.8 Å². The number of hydrogen-bond donors (Lipinski definition) is 1. The van der Waals surface area contributed by atoms with Crippen LogP contribution in [0.3, 0.4) is 0 Å². The van der Waals surface area contributed by atoms with E-state index >= 15 is 0 Å². The average Bonchev–Trinajstić information content (AvgIpc) is 2.36. The number of benzene rings is 1. The fourth-order valence-corrected chi connectivity index (χ4v) is 2.27. The van der Waals surface area contributed by atoms with Crippen LogP contribution in [0, 0.1) is 10.8 Å². The minimum Gasteiger partial charge on any atom is -0.465 e. The molecule has 21 heavy (non-hydrogen) atoms. The summed E-state index contributed by atoms with van der Waals surface area (Å²) in [7, 11) is 2.07. The summed E-state index contributed by atoms with van der Waals surface area (Å²) in [6.45, 7) is 7.85. The molecule has 4 nitrogen and oxygen atoms in total. The van der Waals surface area contributed by atoms with Gasteiger partial charge in [-0.05, 0) is 19.5 Å². The molecule has 1 aromatic carbocycles. The second-order valence-corrected chi connectivity index (χ2v) is 6.44. The number of hydrogen-bond acceptors (Lipinski definition) is 4.